The summed E-state index contributed by atoms with van der Waals surface area (Å²) in [5, 5.41) is 12.6. The molecule has 0 aromatic heterocycles. The Hall–Kier alpha value is -2.84. The number of aliphatic imine (C=N–C) groups is 1. The van der Waals surface area contributed by atoms with E-state index in [9.17, 15) is 9.65 Å². The van der Waals surface area contributed by atoms with Crippen LogP contribution in [-0.4, -0.2) is 5.84 Å². The molecule has 24 heavy (non-hydrogen) atoms. The first kappa shape index (κ1) is 16.0. The number of rotatable bonds is 1. The number of amidine groups is 1. The Kier molecular flexibility index (Phi) is 4.00. The average molecular weight is 341 g/mol. The Morgan fingerprint density at radius 1 is 1.29 bits per heavy atom. The zero-order valence-corrected chi connectivity index (χ0v) is 13.6. The summed E-state index contributed by atoms with van der Waals surface area (Å²) in [7, 11) is 0. The number of benzene rings is 1. The molecule has 3 rings (SSSR count). The van der Waals surface area contributed by atoms with E-state index in [1.54, 1.807) is 18.3 Å². The minimum absolute atomic E-state index is 0.147. The lowest BCUT2D eigenvalue weighted by Gasteiger charge is -2.31. The van der Waals surface area contributed by atoms with E-state index >= 15 is 0 Å². The fourth-order valence-electron chi connectivity index (χ4n) is 2.72. The van der Waals surface area contributed by atoms with Crippen molar-refractivity contribution in [1.82, 2.24) is 5.32 Å². The molecule has 0 bridgehead atoms. The lowest BCUT2D eigenvalue weighted by atomic mass is 9.86. The van der Waals surface area contributed by atoms with Crippen LogP contribution in [0.3, 0.4) is 0 Å². The third-order valence-corrected chi connectivity index (χ3v) is 4.25. The lowest BCUT2D eigenvalue weighted by molar-refractivity contribution is 0.625. The van der Waals surface area contributed by atoms with Crippen molar-refractivity contribution in [3.8, 4) is 6.07 Å². The molecule has 0 aliphatic carbocycles. The molecule has 4 nitrogen and oxygen atoms in total. The summed E-state index contributed by atoms with van der Waals surface area (Å²) in [4.78, 5) is 2.96. The Labute approximate surface area is 144 Å². The molecule has 1 unspecified atom stereocenters. The topological polar surface area (TPSA) is 74.2 Å². The van der Waals surface area contributed by atoms with Gasteiger partial charge in [-0.2, -0.15) is 5.26 Å². The predicted octanol–water partition coefficient (Wildman–Crippen LogP) is 3.36. The van der Waals surface area contributed by atoms with Crippen LogP contribution in [0.5, 0.6) is 0 Å². The normalized spacial score (nSPS) is 26.0. The van der Waals surface area contributed by atoms with Crippen molar-refractivity contribution >= 4 is 17.4 Å². The van der Waals surface area contributed by atoms with Crippen LogP contribution in [-0.2, 0) is 5.00 Å². The van der Waals surface area contributed by atoms with E-state index in [1.165, 1.54) is 18.2 Å². The van der Waals surface area contributed by atoms with Gasteiger partial charge in [0.1, 0.15) is 11.7 Å². The van der Waals surface area contributed by atoms with Crippen molar-refractivity contribution < 1.29 is 4.39 Å². The third kappa shape index (κ3) is 2.72. The number of nitrogens with zero attached hydrogens (tertiary/aromatic N) is 2. The highest BCUT2D eigenvalue weighted by Crippen LogP contribution is 2.46. The number of nitrogens with two attached hydrogens (primary N) is 1. The highest BCUT2D eigenvalue weighted by atomic mass is 35.5. The number of nitriles is 1. The second-order valence-electron chi connectivity index (χ2n) is 5.47. The molecular formula is C18H14ClFN4. The van der Waals surface area contributed by atoms with Crippen LogP contribution in [0.1, 0.15) is 12.5 Å². The second kappa shape index (κ2) is 5.99. The fraction of sp³-hybridized carbons (Fsp3) is 0.111. The van der Waals surface area contributed by atoms with Gasteiger partial charge in [0.25, 0.3) is 0 Å². The molecule has 3 N–H and O–H groups in total. The first-order chi connectivity index (χ1) is 11.4. The van der Waals surface area contributed by atoms with Gasteiger partial charge >= 0.3 is 0 Å². The van der Waals surface area contributed by atoms with Crippen molar-refractivity contribution in [2.45, 2.75) is 11.9 Å². The zero-order valence-electron chi connectivity index (χ0n) is 12.8. The molecule has 0 saturated heterocycles. The van der Waals surface area contributed by atoms with E-state index in [2.05, 4.69) is 16.4 Å². The van der Waals surface area contributed by atoms with Gasteiger partial charge in [-0.1, -0.05) is 23.7 Å². The van der Waals surface area contributed by atoms with E-state index < -0.39 is 5.00 Å². The molecule has 2 aliphatic rings. The number of dihydropyridines is 2. The van der Waals surface area contributed by atoms with Crippen LogP contribution in [0.4, 0.5) is 4.39 Å². The summed E-state index contributed by atoms with van der Waals surface area (Å²) in [6, 6.07) is 7.82. The molecule has 2 aliphatic heterocycles. The van der Waals surface area contributed by atoms with E-state index in [0.29, 0.717) is 16.7 Å². The zero-order chi connectivity index (χ0) is 17.3. The van der Waals surface area contributed by atoms with Crippen LogP contribution in [0, 0.1) is 17.1 Å². The first-order valence-electron chi connectivity index (χ1n) is 7.22. The minimum Gasteiger partial charge on any atom is -0.384 e. The Bertz CT molecular complexity index is 885. The van der Waals surface area contributed by atoms with E-state index in [0.717, 1.165) is 11.3 Å². The summed E-state index contributed by atoms with van der Waals surface area (Å²) in [5.41, 5.74) is 8.89. The van der Waals surface area contributed by atoms with E-state index in [1.807, 2.05) is 19.1 Å². The van der Waals surface area contributed by atoms with Crippen molar-refractivity contribution in [1.29, 1.82) is 5.26 Å². The molecule has 0 radical (unpaired) electrons. The molecule has 6 heteroatoms. The first-order valence-corrected chi connectivity index (χ1v) is 7.60. The molecule has 0 fully saturated rings. The summed E-state index contributed by atoms with van der Waals surface area (Å²) < 4.78 is 13.3. The summed E-state index contributed by atoms with van der Waals surface area (Å²) in [6.07, 6.45) is 6.94. The van der Waals surface area contributed by atoms with Gasteiger partial charge in [-0.15, -0.1) is 0 Å². The van der Waals surface area contributed by atoms with Gasteiger partial charge in [0.15, 0.2) is 5.00 Å². The summed E-state index contributed by atoms with van der Waals surface area (Å²) in [6.45, 7) is 1.90. The van der Waals surface area contributed by atoms with Crippen LogP contribution in [0.2, 0.25) is 0 Å². The van der Waals surface area contributed by atoms with Crippen molar-refractivity contribution in [2.75, 3.05) is 0 Å². The summed E-state index contributed by atoms with van der Waals surface area (Å²) in [5.74, 6) is -0.233. The maximum absolute atomic E-state index is 13.3. The maximum Gasteiger partial charge on any atom is 0.188 e. The van der Waals surface area contributed by atoms with Crippen molar-refractivity contribution in [2.24, 2.45) is 10.7 Å². The molecule has 0 spiro atoms. The predicted molar refractivity (Wildman–Crippen MR) is 92.3 cm³/mol. The van der Waals surface area contributed by atoms with Gasteiger partial charge in [-0.3, -0.25) is 0 Å². The molecular weight excluding hydrogens is 327 g/mol. The van der Waals surface area contributed by atoms with Crippen molar-refractivity contribution in [3.63, 3.8) is 0 Å². The van der Waals surface area contributed by atoms with Gasteiger partial charge in [-0.25, -0.2) is 9.38 Å². The molecule has 0 amide bonds. The van der Waals surface area contributed by atoms with Gasteiger partial charge in [0, 0.05) is 17.5 Å². The maximum atomic E-state index is 13.3. The van der Waals surface area contributed by atoms with Crippen LogP contribution >= 0.6 is 11.6 Å². The van der Waals surface area contributed by atoms with Gasteiger partial charge in [0.05, 0.1) is 11.6 Å². The molecule has 0 saturated carbocycles. The number of nitrogens with one attached hydrogen (secondary N) is 1. The van der Waals surface area contributed by atoms with Gasteiger partial charge in [0.2, 0.25) is 0 Å². The van der Waals surface area contributed by atoms with Crippen LogP contribution in [0.25, 0.3) is 0 Å². The standard InChI is InChI=1S/C18H14ClFN4/c1-11-8-12(6-7-23-11)17-13(10-21)9-16(22)24-18(17,19)14-2-4-15(20)5-3-14/h2-9,23H,1H3,(H2,22,24). The number of alkyl halides is 1. The van der Waals surface area contributed by atoms with E-state index in [-0.39, 0.29) is 11.7 Å². The third-order valence-electron chi connectivity index (χ3n) is 3.76. The minimum atomic E-state index is -1.40. The Morgan fingerprint density at radius 2 is 2.00 bits per heavy atom. The number of hydrogen-bond donors (Lipinski definition) is 2. The smallest absolute Gasteiger partial charge is 0.188 e. The quantitative estimate of drug-likeness (QED) is 0.608. The SMILES string of the molecule is CC1=CC(=C2C(C#N)=CC(N)=NC2(Cl)c2ccc(F)cc2)C=CN1. The monoisotopic (exact) mass is 340 g/mol. The van der Waals surface area contributed by atoms with Crippen LogP contribution in [0.15, 0.2) is 76.1 Å². The number of allylic oxidation sites excluding steroid dienone is 4. The van der Waals surface area contributed by atoms with E-state index in [4.69, 9.17) is 17.3 Å². The van der Waals surface area contributed by atoms with Crippen LogP contribution < -0.4 is 11.1 Å². The second-order valence-corrected chi connectivity index (χ2v) is 6.02. The lowest BCUT2D eigenvalue weighted by Crippen LogP contribution is -2.30. The number of hydrogen-bond acceptors (Lipinski definition) is 4. The highest BCUT2D eigenvalue weighted by molar-refractivity contribution is 6.28. The largest absolute Gasteiger partial charge is 0.384 e. The van der Waals surface area contributed by atoms with Crippen molar-refractivity contribution in [3.05, 3.63) is 82.5 Å². The van der Waals surface area contributed by atoms with Gasteiger partial charge < -0.3 is 11.1 Å². The van der Waals surface area contributed by atoms with Gasteiger partial charge in [-0.05, 0) is 48.4 Å². The molecule has 1 aromatic carbocycles. The highest BCUT2D eigenvalue weighted by Gasteiger charge is 2.40. The fourth-order valence-corrected chi connectivity index (χ4v) is 3.16. The Morgan fingerprint density at radius 3 is 2.62 bits per heavy atom. The molecule has 1 atom stereocenters. The molecule has 1 aromatic rings. The molecule has 2 heterocycles. The Balaban J connectivity index is 2.29. The summed E-state index contributed by atoms with van der Waals surface area (Å²) >= 11 is 6.84. The number of halogens is 2. The molecule has 120 valence electrons. The average Bonchev–Trinajstić information content (AvgIpc) is 2.54.